The van der Waals surface area contributed by atoms with Gasteiger partial charge in [-0.1, -0.05) is 170 Å². The molecule has 0 spiro atoms. The lowest BCUT2D eigenvalue weighted by atomic mass is 9.47. The molecule has 16 atom stereocenters. The second kappa shape index (κ2) is 22.8. The molecule has 0 aliphatic heterocycles. The highest BCUT2D eigenvalue weighted by Crippen LogP contribution is 2.69. The smallest absolute Gasteiger partial charge is 0.306 e. The highest BCUT2D eigenvalue weighted by atomic mass is 35.5. The predicted molar refractivity (Wildman–Crippen MR) is 284 cm³/mol. The van der Waals surface area contributed by atoms with E-state index >= 15 is 0 Å². The molecular weight excluding hydrogens is 824 g/mol. The van der Waals surface area contributed by atoms with Crippen molar-refractivity contribution in [2.45, 2.75) is 274 Å². The van der Waals surface area contributed by atoms with Crippen LogP contribution in [0.15, 0.2) is 23.3 Å². The molecule has 8 aliphatic rings. The zero-order chi connectivity index (χ0) is 47.4. The highest BCUT2D eigenvalue weighted by molar-refractivity contribution is 6.20. The van der Waals surface area contributed by atoms with Crippen LogP contribution in [0.5, 0.6) is 0 Å². The number of alkyl halides is 1. The van der Waals surface area contributed by atoms with Crippen LogP contribution in [-0.2, 0) is 9.53 Å². The van der Waals surface area contributed by atoms with Gasteiger partial charge >= 0.3 is 5.97 Å². The van der Waals surface area contributed by atoms with Crippen LogP contribution in [0.3, 0.4) is 0 Å². The van der Waals surface area contributed by atoms with Gasteiger partial charge in [0.25, 0.3) is 0 Å². The molecule has 66 heavy (non-hydrogen) atoms. The number of rotatable bonds is 18. The molecule has 0 saturated heterocycles. The molecule has 0 N–H and O–H groups in total. The van der Waals surface area contributed by atoms with E-state index in [2.05, 4.69) is 88.3 Å². The van der Waals surface area contributed by atoms with Gasteiger partial charge in [0.05, 0.1) is 0 Å². The second-order valence-corrected chi connectivity index (χ2v) is 27.9. The minimum absolute atomic E-state index is 0.0522. The molecule has 2 nitrogen and oxygen atoms in total. The van der Waals surface area contributed by atoms with Crippen molar-refractivity contribution in [3.05, 3.63) is 23.3 Å². The van der Waals surface area contributed by atoms with Gasteiger partial charge in [-0.05, 0) is 195 Å². The fourth-order valence-electron chi connectivity index (χ4n) is 18.7. The Labute approximate surface area is 415 Å². The first kappa shape index (κ1) is 53.0. The summed E-state index contributed by atoms with van der Waals surface area (Å²) in [4.78, 5) is 12.6. The molecule has 0 aromatic heterocycles. The SMILES string of the molecule is CC(C)CCC[C@@H](C)[C@H]1CC[C@H]2[C@@H]3CC=C4C[C@@H](Cl)CC[C@]4(C)[C@H]3CC[C@]12C.CCCCCCCCC(=O)O[C@H]1CC[C@@]2(C)C(=CC[C@H]3[C@@H]4CC[C@H]([C@H](C)CCCC(C)C)[C@@]4(C)CC[C@@H]32)C1. The quantitative estimate of drug-likeness (QED) is 0.0592. The topological polar surface area (TPSA) is 26.3 Å². The second-order valence-electron chi connectivity index (χ2n) is 27.3. The minimum atomic E-state index is 0.0522. The average molecular weight is 932 g/mol. The Morgan fingerprint density at radius 3 is 1.58 bits per heavy atom. The lowest BCUT2D eigenvalue weighted by molar-refractivity contribution is -0.151. The molecule has 0 radical (unpaired) electrons. The molecule has 6 saturated carbocycles. The van der Waals surface area contributed by atoms with Gasteiger partial charge < -0.3 is 4.74 Å². The van der Waals surface area contributed by atoms with E-state index in [1.54, 1.807) is 11.1 Å². The summed E-state index contributed by atoms with van der Waals surface area (Å²) >= 11 is 6.56. The monoisotopic (exact) mass is 931 g/mol. The number of ether oxygens (including phenoxy) is 1. The molecule has 8 rings (SSSR count). The summed E-state index contributed by atoms with van der Waals surface area (Å²) in [7, 11) is 0. The third-order valence-corrected chi connectivity index (χ3v) is 22.9. The molecule has 0 aromatic rings. The van der Waals surface area contributed by atoms with Crippen molar-refractivity contribution in [1.29, 1.82) is 0 Å². The number of hydrogen-bond acceptors (Lipinski definition) is 2. The Hall–Kier alpha value is -0.760. The number of esters is 1. The Bertz CT molecular complexity index is 1620. The van der Waals surface area contributed by atoms with Gasteiger partial charge in [0, 0.05) is 18.2 Å². The zero-order valence-corrected chi connectivity index (χ0v) is 46.2. The molecule has 3 heteroatoms. The van der Waals surface area contributed by atoms with E-state index < -0.39 is 0 Å². The maximum absolute atomic E-state index is 12.6. The van der Waals surface area contributed by atoms with Crippen molar-refractivity contribution < 1.29 is 9.53 Å². The lowest BCUT2D eigenvalue weighted by Crippen LogP contribution is -2.51. The molecule has 0 bridgehead atoms. The van der Waals surface area contributed by atoms with Crippen LogP contribution in [-0.4, -0.2) is 17.5 Å². The molecule has 0 amide bonds. The summed E-state index contributed by atoms with van der Waals surface area (Å²) in [6.07, 6.45) is 43.3. The summed E-state index contributed by atoms with van der Waals surface area (Å²) in [5.41, 5.74) is 5.36. The number of allylic oxidation sites excluding steroid dienone is 3. The molecule has 378 valence electrons. The number of fused-ring (bicyclic) bond motifs is 10. The van der Waals surface area contributed by atoms with E-state index in [-0.39, 0.29) is 12.1 Å². The maximum atomic E-state index is 12.6. The van der Waals surface area contributed by atoms with Gasteiger partial charge in [-0.3, -0.25) is 4.79 Å². The first-order chi connectivity index (χ1) is 31.4. The van der Waals surface area contributed by atoms with E-state index in [1.165, 1.54) is 161 Å². The fourth-order valence-corrected chi connectivity index (χ4v) is 19.0. The van der Waals surface area contributed by atoms with Gasteiger partial charge in [-0.25, -0.2) is 0 Å². The van der Waals surface area contributed by atoms with E-state index in [0.717, 1.165) is 90.3 Å². The predicted octanol–water partition coefficient (Wildman–Crippen LogP) is 19.3. The number of hydrogen-bond donors (Lipinski definition) is 0. The van der Waals surface area contributed by atoms with Crippen LogP contribution in [0, 0.1) is 92.7 Å². The van der Waals surface area contributed by atoms with Crippen LogP contribution in [0.4, 0.5) is 0 Å². The van der Waals surface area contributed by atoms with Crippen LogP contribution < -0.4 is 0 Å². The van der Waals surface area contributed by atoms with E-state index in [1.807, 2.05) is 0 Å². The highest BCUT2D eigenvalue weighted by Gasteiger charge is 2.61. The van der Waals surface area contributed by atoms with Crippen LogP contribution in [0.2, 0.25) is 0 Å². The Kier molecular flexibility index (Phi) is 18.3. The molecule has 0 unspecified atom stereocenters. The molecular formula is C63H107ClO2. The average Bonchev–Trinajstić information content (AvgIpc) is 3.82. The van der Waals surface area contributed by atoms with E-state index in [4.69, 9.17) is 16.3 Å². The van der Waals surface area contributed by atoms with Crippen LogP contribution >= 0.6 is 11.6 Å². The Morgan fingerprint density at radius 2 is 1.06 bits per heavy atom. The Balaban J connectivity index is 0.000000205. The summed E-state index contributed by atoms with van der Waals surface area (Å²) in [6.45, 7) is 27.5. The molecule has 0 heterocycles. The van der Waals surface area contributed by atoms with Crippen molar-refractivity contribution in [2.75, 3.05) is 0 Å². The van der Waals surface area contributed by atoms with Gasteiger partial charge in [-0.15, -0.1) is 11.6 Å². The molecule has 0 aromatic carbocycles. The first-order valence-corrected chi connectivity index (χ1v) is 30.1. The summed E-state index contributed by atoms with van der Waals surface area (Å²) in [5.74, 6) is 11.0. The van der Waals surface area contributed by atoms with Crippen molar-refractivity contribution in [3.63, 3.8) is 0 Å². The van der Waals surface area contributed by atoms with Gasteiger partial charge in [-0.2, -0.15) is 0 Å². The normalized spacial score (nSPS) is 41.2. The van der Waals surface area contributed by atoms with Gasteiger partial charge in [0.1, 0.15) is 6.10 Å². The lowest BCUT2D eigenvalue weighted by Gasteiger charge is -2.58. The van der Waals surface area contributed by atoms with Crippen molar-refractivity contribution >= 4 is 17.6 Å². The number of halogens is 1. The minimum Gasteiger partial charge on any atom is -0.462 e. The third kappa shape index (κ3) is 11.3. The summed E-state index contributed by atoms with van der Waals surface area (Å²) in [5, 5.41) is 0.396. The molecule has 8 aliphatic carbocycles. The first-order valence-electron chi connectivity index (χ1n) is 29.7. The van der Waals surface area contributed by atoms with Crippen molar-refractivity contribution in [1.82, 2.24) is 0 Å². The Morgan fingerprint density at radius 1 is 0.576 bits per heavy atom. The van der Waals surface area contributed by atoms with Gasteiger partial charge in [0.2, 0.25) is 0 Å². The number of carbonyl (C=O) groups excluding carboxylic acids is 1. The van der Waals surface area contributed by atoms with E-state index in [0.29, 0.717) is 33.5 Å². The summed E-state index contributed by atoms with van der Waals surface area (Å²) < 4.78 is 6.04. The third-order valence-electron chi connectivity index (χ3n) is 22.5. The zero-order valence-electron chi connectivity index (χ0n) is 45.4. The van der Waals surface area contributed by atoms with Crippen molar-refractivity contribution in [3.8, 4) is 0 Å². The number of unbranched alkanes of at least 4 members (excludes halogenated alkanes) is 5. The van der Waals surface area contributed by atoms with Crippen LogP contribution in [0.25, 0.3) is 0 Å². The van der Waals surface area contributed by atoms with E-state index in [9.17, 15) is 4.79 Å². The number of carbonyl (C=O) groups is 1. The van der Waals surface area contributed by atoms with Crippen molar-refractivity contribution in [2.24, 2.45) is 92.7 Å². The van der Waals surface area contributed by atoms with Crippen LogP contribution in [0.1, 0.15) is 262 Å². The van der Waals surface area contributed by atoms with Gasteiger partial charge in [0.15, 0.2) is 0 Å². The molecule has 6 fully saturated rings. The summed E-state index contributed by atoms with van der Waals surface area (Å²) in [6, 6.07) is 0. The standard InChI is InChI=1S/C36H62O2.C27H45Cl/c1-7-8-9-10-11-12-16-34(37)38-29-21-23-35(5)28(25-29)17-18-30-32-20-19-31(27(4)15-13-14-26(2)3)36(32,6)24-22-33(30)35;1-18(2)7-6-8-19(3)23-11-12-24-22-10-9-20-17-21(28)13-15-26(20,4)25(22)14-16-27(23,24)5/h17,26-27,29-33H,7-16,18-25H2,1-6H3;9,18-19,21-25H,6-8,10-17H2,1-5H3/t27-,29+,30+,31-,32+,33+,35+,36-;19-,21+,22+,23-,24+,25+,26+,27-/m11/s1. The maximum Gasteiger partial charge on any atom is 0.306 e. The largest absolute Gasteiger partial charge is 0.462 e. The fraction of sp³-hybridized carbons (Fsp3) is 0.921.